The van der Waals surface area contributed by atoms with Crippen LogP contribution in [-0.4, -0.2) is 52.4 Å². The number of hydrogen-bond donors (Lipinski definition) is 3. The SMILES string of the molecule is COc1cccc(F)c1-c1nc(Nc2cc(N3CCC[C@H](N)C3)c(-c3cnn(CC(F)F)c3)cn2)ccc1N. The number of alkyl halides is 2. The summed E-state index contributed by atoms with van der Waals surface area (Å²) in [4.78, 5) is 11.3. The Labute approximate surface area is 223 Å². The minimum atomic E-state index is -2.51. The van der Waals surface area contributed by atoms with E-state index in [0.29, 0.717) is 29.5 Å². The second kappa shape index (κ2) is 11.2. The lowest BCUT2D eigenvalue weighted by Crippen LogP contribution is -2.43. The first-order chi connectivity index (χ1) is 18.8. The minimum Gasteiger partial charge on any atom is -0.496 e. The standard InChI is InChI=1S/C27H29F3N8O/c1-39-22-6-2-5-19(28)26(22)27-20(32)7-8-24(36-27)35-25-10-21(37-9-3-4-17(31)14-37)18(12-33-25)16-11-34-38(13-16)15-23(29)30/h2,5-8,10-13,17,23H,3-4,9,14-15,31-32H2,1H3,(H,33,35,36)/t17-/m0/s1. The first-order valence-electron chi connectivity index (χ1n) is 12.5. The maximum Gasteiger partial charge on any atom is 0.257 e. The van der Waals surface area contributed by atoms with Crippen molar-refractivity contribution in [1.82, 2.24) is 19.7 Å². The summed E-state index contributed by atoms with van der Waals surface area (Å²) in [5.41, 5.74) is 15.4. The maximum absolute atomic E-state index is 14.8. The number of anilines is 4. The fourth-order valence-corrected chi connectivity index (χ4v) is 4.75. The van der Waals surface area contributed by atoms with Gasteiger partial charge in [-0.15, -0.1) is 0 Å². The molecule has 1 saturated heterocycles. The highest BCUT2D eigenvalue weighted by Crippen LogP contribution is 2.37. The van der Waals surface area contributed by atoms with Gasteiger partial charge in [0.25, 0.3) is 6.43 Å². The lowest BCUT2D eigenvalue weighted by atomic mass is 10.0. The van der Waals surface area contributed by atoms with E-state index in [-0.39, 0.29) is 23.0 Å². The molecule has 204 valence electrons. The second-order valence-corrected chi connectivity index (χ2v) is 9.35. The van der Waals surface area contributed by atoms with Crippen LogP contribution >= 0.6 is 0 Å². The molecule has 1 fully saturated rings. The van der Waals surface area contributed by atoms with E-state index in [1.807, 2.05) is 6.07 Å². The average molecular weight is 539 g/mol. The number of rotatable bonds is 8. The van der Waals surface area contributed by atoms with Gasteiger partial charge >= 0.3 is 0 Å². The van der Waals surface area contributed by atoms with Crippen molar-refractivity contribution < 1.29 is 17.9 Å². The van der Waals surface area contributed by atoms with Crippen molar-refractivity contribution in [2.45, 2.75) is 31.9 Å². The van der Waals surface area contributed by atoms with E-state index in [1.165, 1.54) is 17.9 Å². The number of aromatic nitrogens is 4. The zero-order valence-corrected chi connectivity index (χ0v) is 21.3. The van der Waals surface area contributed by atoms with E-state index >= 15 is 0 Å². The van der Waals surface area contributed by atoms with Crippen LogP contribution in [0.2, 0.25) is 0 Å². The Morgan fingerprint density at radius 1 is 1.18 bits per heavy atom. The molecule has 4 aromatic rings. The smallest absolute Gasteiger partial charge is 0.257 e. The zero-order valence-electron chi connectivity index (χ0n) is 21.3. The molecule has 0 unspecified atom stereocenters. The van der Waals surface area contributed by atoms with Crippen LogP contribution in [0.15, 0.2) is 55.0 Å². The molecule has 0 bridgehead atoms. The normalized spacial score (nSPS) is 15.5. The Bertz CT molecular complexity index is 1460. The predicted molar refractivity (Wildman–Crippen MR) is 145 cm³/mol. The number of benzene rings is 1. The number of hydrogen-bond acceptors (Lipinski definition) is 8. The number of methoxy groups -OCH3 is 1. The van der Waals surface area contributed by atoms with Crippen LogP contribution in [0.3, 0.4) is 0 Å². The third-order valence-corrected chi connectivity index (χ3v) is 6.56. The van der Waals surface area contributed by atoms with Gasteiger partial charge in [0.2, 0.25) is 0 Å². The van der Waals surface area contributed by atoms with Crippen molar-refractivity contribution in [3.63, 3.8) is 0 Å². The molecule has 3 aromatic heterocycles. The number of ether oxygens (including phenoxy) is 1. The second-order valence-electron chi connectivity index (χ2n) is 9.35. The van der Waals surface area contributed by atoms with Gasteiger partial charge in [-0.2, -0.15) is 5.10 Å². The highest BCUT2D eigenvalue weighted by Gasteiger charge is 2.22. The monoisotopic (exact) mass is 538 g/mol. The summed E-state index contributed by atoms with van der Waals surface area (Å²) >= 11 is 0. The summed E-state index contributed by atoms with van der Waals surface area (Å²) in [7, 11) is 1.45. The summed E-state index contributed by atoms with van der Waals surface area (Å²) < 4.78 is 47.1. The Hall–Kier alpha value is -4.32. The van der Waals surface area contributed by atoms with Gasteiger partial charge in [-0.05, 0) is 37.1 Å². The van der Waals surface area contributed by atoms with E-state index in [0.717, 1.165) is 30.6 Å². The highest BCUT2D eigenvalue weighted by atomic mass is 19.3. The van der Waals surface area contributed by atoms with E-state index in [4.69, 9.17) is 16.2 Å². The lowest BCUT2D eigenvalue weighted by molar-refractivity contribution is 0.122. The van der Waals surface area contributed by atoms with E-state index in [9.17, 15) is 13.2 Å². The van der Waals surface area contributed by atoms with E-state index in [2.05, 4.69) is 25.3 Å². The number of nitrogen functional groups attached to an aromatic ring is 1. The van der Waals surface area contributed by atoms with Gasteiger partial charge in [0.05, 0.1) is 24.6 Å². The van der Waals surface area contributed by atoms with Crippen LogP contribution in [0.25, 0.3) is 22.4 Å². The van der Waals surface area contributed by atoms with Gasteiger partial charge in [-0.3, -0.25) is 4.68 Å². The molecule has 1 aliphatic heterocycles. The quantitative estimate of drug-likeness (QED) is 0.296. The van der Waals surface area contributed by atoms with Gasteiger partial charge in [0.15, 0.2) is 0 Å². The van der Waals surface area contributed by atoms with Crippen LogP contribution in [0, 0.1) is 5.82 Å². The lowest BCUT2D eigenvalue weighted by Gasteiger charge is -2.34. The maximum atomic E-state index is 14.8. The molecule has 39 heavy (non-hydrogen) atoms. The summed E-state index contributed by atoms with van der Waals surface area (Å²) in [5, 5.41) is 7.26. The molecule has 0 aliphatic carbocycles. The topological polar surface area (TPSA) is 120 Å². The number of pyridine rings is 2. The molecule has 1 atom stereocenters. The first-order valence-corrected chi connectivity index (χ1v) is 12.5. The molecule has 0 radical (unpaired) electrons. The molecule has 1 aromatic carbocycles. The Morgan fingerprint density at radius 3 is 2.79 bits per heavy atom. The van der Waals surface area contributed by atoms with Crippen LogP contribution in [-0.2, 0) is 6.54 Å². The molecule has 0 amide bonds. The number of halogens is 3. The predicted octanol–water partition coefficient (Wildman–Crippen LogP) is 4.67. The van der Waals surface area contributed by atoms with Crippen molar-refractivity contribution in [2.24, 2.45) is 5.73 Å². The molecular formula is C27H29F3N8O. The summed E-state index contributed by atoms with van der Waals surface area (Å²) in [6.45, 7) is 0.931. The van der Waals surface area contributed by atoms with Crippen LogP contribution in [0.1, 0.15) is 12.8 Å². The summed E-state index contributed by atoms with van der Waals surface area (Å²) in [6, 6.07) is 9.68. The van der Waals surface area contributed by atoms with Gasteiger partial charge in [-0.25, -0.2) is 23.1 Å². The van der Waals surface area contributed by atoms with E-state index in [1.54, 1.807) is 42.9 Å². The van der Waals surface area contributed by atoms with Gasteiger partial charge in [0, 0.05) is 54.4 Å². The fourth-order valence-electron chi connectivity index (χ4n) is 4.75. The Kier molecular flexibility index (Phi) is 7.55. The van der Waals surface area contributed by atoms with Gasteiger partial charge in [0.1, 0.15) is 35.4 Å². The van der Waals surface area contributed by atoms with Crippen molar-refractivity contribution >= 4 is 23.0 Å². The molecule has 12 heteroatoms. The minimum absolute atomic E-state index is 0.00908. The molecule has 0 spiro atoms. The molecule has 5 rings (SSSR count). The number of nitrogens with two attached hydrogens (primary N) is 2. The number of piperidine rings is 1. The molecular weight excluding hydrogens is 509 g/mol. The third kappa shape index (κ3) is 5.75. The Balaban J connectivity index is 1.51. The molecule has 4 heterocycles. The molecule has 1 aliphatic rings. The summed E-state index contributed by atoms with van der Waals surface area (Å²) in [6.07, 6.45) is 4.13. The van der Waals surface area contributed by atoms with Crippen molar-refractivity contribution in [3.05, 3.63) is 60.8 Å². The number of nitrogens with zero attached hydrogens (tertiary/aromatic N) is 5. The number of nitrogens with one attached hydrogen (secondary N) is 1. The van der Waals surface area contributed by atoms with Gasteiger partial charge in [-0.1, -0.05) is 6.07 Å². The molecule has 9 nitrogen and oxygen atoms in total. The van der Waals surface area contributed by atoms with E-state index < -0.39 is 18.8 Å². The fraction of sp³-hybridized carbons (Fsp3) is 0.296. The van der Waals surface area contributed by atoms with Crippen molar-refractivity contribution in [1.29, 1.82) is 0 Å². The third-order valence-electron chi connectivity index (χ3n) is 6.56. The highest BCUT2D eigenvalue weighted by molar-refractivity contribution is 5.82. The van der Waals surface area contributed by atoms with Crippen molar-refractivity contribution in [2.75, 3.05) is 36.1 Å². The van der Waals surface area contributed by atoms with Crippen LogP contribution in [0.4, 0.5) is 36.2 Å². The van der Waals surface area contributed by atoms with Crippen molar-refractivity contribution in [3.8, 4) is 28.1 Å². The van der Waals surface area contributed by atoms with Crippen LogP contribution < -0.4 is 26.4 Å². The first kappa shape index (κ1) is 26.3. The largest absolute Gasteiger partial charge is 0.496 e. The van der Waals surface area contributed by atoms with Crippen LogP contribution in [0.5, 0.6) is 5.75 Å². The summed E-state index contributed by atoms with van der Waals surface area (Å²) in [5.74, 6) is 0.682. The molecule has 5 N–H and O–H groups in total. The molecule has 0 saturated carbocycles. The zero-order chi connectivity index (χ0) is 27.5. The Morgan fingerprint density at radius 2 is 2.03 bits per heavy atom. The van der Waals surface area contributed by atoms with Gasteiger partial charge < -0.3 is 26.4 Å². The average Bonchev–Trinajstić information content (AvgIpc) is 3.37.